The molecular formula is C19H21N5O4S. The number of carbonyl (C=O) groups excluding carboxylic acids is 1. The molecule has 1 atom stereocenters. The number of carboxylic acid groups (broad SMARTS) is 1. The molecule has 3 aromatic rings. The number of H-pyrrole nitrogens is 2. The number of nitrogens with one attached hydrogen (secondary N) is 2. The second-order valence-electron chi connectivity index (χ2n) is 7.10. The van der Waals surface area contributed by atoms with Crippen LogP contribution in [0.5, 0.6) is 0 Å². The average molecular weight is 415 g/mol. The number of hydrogen-bond donors (Lipinski definition) is 4. The number of hydrogen-bond acceptors (Lipinski definition) is 6. The monoisotopic (exact) mass is 415 g/mol. The van der Waals surface area contributed by atoms with Gasteiger partial charge in [0.25, 0.3) is 11.5 Å². The number of aromatic amines is 2. The van der Waals surface area contributed by atoms with Crippen molar-refractivity contribution in [2.45, 2.75) is 38.1 Å². The highest BCUT2D eigenvalue weighted by Gasteiger charge is 2.33. The number of fused-ring (bicyclic) bond motifs is 1. The smallest absolute Gasteiger partial charge is 0.326 e. The summed E-state index contributed by atoms with van der Waals surface area (Å²) in [6.45, 7) is 0.470. The first-order chi connectivity index (χ1) is 13.9. The van der Waals surface area contributed by atoms with Gasteiger partial charge in [0.05, 0.1) is 10.3 Å². The first-order valence-corrected chi connectivity index (χ1v) is 10.2. The molecule has 1 aliphatic rings. The first-order valence-electron chi connectivity index (χ1n) is 9.42. The molecule has 29 heavy (non-hydrogen) atoms. The van der Waals surface area contributed by atoms with Crippen LogP contribution in [0.25, 0.3) is 11.0 Å². The minimum Gasteiger partial charge on any atom is -0.480 e. The highest BCUT2D eigenvalue weighted by molar-refractivity contribution is 7.14. The van der Waals surface area contributed by atoms with Gasteiger partial charge in [-0.3, -0.25) is 14.6 Å². The van der Waals surface area contributed by atoms with Crippen LogP contribution in [0.1, 0.15) is 39.4 Å². The quantitative estimate of drug-likeness (QED) is 0.500. The maximum absolute atomic E-state index is 12.8. The summed E-state index contributed by atoms with van der Waals surface area (Å²) in [5.74, 6) is -1.11. The minimum atomic E-state index is -0.950. The standard InChI is InChI=1S/C19H21N5O4S/c20-19-22-15-14(16(25)23-19)10(9-21-15)4-5-11-6-7-13(29-11)17(26)24-8-2-1-3-12(24)18(27)28/h6-7,9,12H,1-5,8H2,(H,27,28)(H4,20,21,22,23,25). The Morgan fingerprint density at radius 2 is 2.14 bits per heavy atom. The molecule has 1 fully saturated rings. The van der Waals surface area contributed by atoms with E-state index in [1.54, 1.807) is 12.3 Å². The zero-order valence-corrected chi connectivity index (χ0v) is 16.4. The summed E-state index contributed by atoms with van der Waals surface area (Å²) in [5.41, 5.74) is 6.56. The number of piperidine rings is 1. The molecule has 0 bridgehead atoms. The van der Waals surface area contributed by atoms with Crippen LogP contribution in [0.4, 0.5) is 5.95 Å². The highest BCUT2D eigenvalue weighted by atomic mass is 32.1. The Bertz CT molecular complexity index is 1130. The molecular weight excluding hydrogens is 394 g/mol. The van der Waals surface area contributed by atoms with Crippen molar-refractivity contribution in [1.82, 2.24) is 19.9 Å². The number of nitrogens with zero attached hydrogens (tertiary/aromatic N) is 2. The first kappa shape index (κ1) is 19.2. The Kier molecular flexibility index (Phi) is 5.10. The van der Waals surface area contributed by atoms with Gasteiger partial charge in [0.2, 0.25) is 5.95 Å². The molecule has 0 radical (unpaired) electrons. The fourth-order valence-electron chi connectivity index (χ4n) is 3.78. The Morgan fingerprint density at radius 3 is 2.93 bits per heavy atom. The number of carbonyl (C=O) groups is 2. The van der Waals surface area contributed by atoms with Gasteiger partial charge in [-0.05, 0) is 49.8 Å². The van der Waals surface area contributed by atoms with Gasteiger partial charge in [0, 0.05) is 17.6 Å². The van der Waals surface area contributed by atoms with E-state index in [2.05, 4.69) is 15.0 Å². The molecule has 1 amide bonds. The second-order valence-corrected chi connectivity index (χ2v) is 8.27. The third kappa shape index (κ3) is 3.75. The van der Waals surface area contributed by atoms with E-state index in [0.717, 1.165) is 23.3 Å². The Morgan fingerprint density at radius 1 is 1.31 bits per heavy atom. The molecule has 152 valence electrons. The highest BCUT2D eigenvalue weighted by Crippen LogP contribution is 2.25. The number of likely N-dealkylation sites (tertiary alicyclic amines) is 1. The van der Waals surface area contributed by atoms with Crippen molar-refractivity contribution in [2.75, 3.05) is 12.3 Å². The summed E-state index contributed by atoms with van der Waals surface area (Å²) in [4.78, 5) is 49.0. The third-order valence-corrected chi connectivity index (χ3v) is 6.34. The fraction of sp³-hybridized carbons (Fsp3) is 0.368. The van der Waals surface area contributed by atoms with Gasteiger partial charge in [-0.15, -0.1) is 11.3 Å². The Balaban J connectivity index is 1.48. The Hall–Kier alpha value is -3.14. The van der Waals surface area contributed by atoms with Crippen LogP contribution in [0.15, 0.2) is 23.1 Å². The summed E-state index contributed by atoms with van der Waals surface area (Å²) >= 11 is 1.37. The van der Waals surface area contributed by atoms with Gasteiger partial charge >= 0.3 is 5.97 Å². The fourth-order valence-corrected chi connectivity index (χ4v) is 4.74. The predicted molar refractivity (Wildman–Crippen MR) is 109 cm³/mol. The van der Waals surface area contributed by atoms with Crippen molar-refractivity contribution >= 4 is 40.2 Å². The molecule has 4 heterocycles. The van der Waals surface area contributed by atoms with Crippen molar-refractivity contribution in [2.24, 2.45) is 0 Å². The van der Waals surface area contributed by atoms with Crippen LogP contribution in [0.3, 0.4) is 0 Å². The Labute approximate surface area is 169 Å². The van der Waals surface area contributed by atoms with Gasteiger partial charge < -0.3 is 20.7 Å². The van der Waals surface area contributed by atoms with E-state index in [4.69, 9.17) is 5.73 Å². The molecule has 4 rings (SSSR count). The number of thiophene rings is 1. The van der Waals surface area contributed by atoms with Crippen molar-refractivity contribution in [3.8, 4) is 0 Å². The average Bonchev–Trinajstić information content (AvgIpc) is 3.32. The molecule has 0 aliphatic carbocycles. The third-order valence-electron chi connectivity index (χ3n) is 5.20. The molecule has 5 N–H and O–H groups in total. The zero-order valence-electron chi connectivity index (χ0n) is 15.6. The van der Waals surface area contributed by atoms with E-state index in [-0.39, 0.29) is 17.4 Å². The van der Waals surface area contributed by atoms with E-state index < -0.39 is 12.0 Å². The lowest BCUT2D eigenvalue weighted by Gasteiger charge is -2.32. The van der Waals surface area contributed by atoms with Gasteiger partial charge in [-0.25, -0.2) is 4.79 Å². The molecule has 1 aliphatic heterocycles. The van der Waals surface area contributed by atoms with Gasteiger partial charge in [0.15, 0.2) is 0 Å². The SMILES string of the molecule is Nc1nc2[nH]cc(CCc3ccc(C(=O)N4CCCCC4C(=O)O)s3)c2c(=O)[nH]1. The lowest BCUT2D eigenvalue weighted by Crippen LogP contribution is -2.47. The number of aliphatic carboxylic acids is 1. The molecule has 9 nitrogen and oxygen atoms in total. The number of rotatable bonds is 5. The molecule has 10 heteroatoms. The van der Waals surface area contributed by atoms with Crippen LogP contribution in [0.2, 0.25) is 0 Å². The predicted octanol–water partition coefficient (Wildman–Crippen LogP) is 1.76. The summed E-state index contributed by atoms with van der Waals surface area (Å²) in [5, 5.41) is 9.88. The largest absolute Gasteiger partial charge is 0.480 e. The lowest BCUT2D eigenvalue weighted by molar-refractivity contribution is -0.143. The summed E-state index contributed by atoms with van der Waals surface area (Å²) in [7, 11) is 0. The van der Waals surface area contributed by atoms with Crippen molar-refractivity contribution in [3.05, 3.63) is 44.0 Å². The topological polar surface area (TPSA) is 145 Å². The number of amides is 1. The lowest BCUT2D eigenvalue weighted by atomic mass is 10.0. The molecule has 0 saturated carbocycles. The minimum absolute atomic E-state index is 0.0645. The number of nitrogens with two attached hydrogens (primary N) is 1. The molecule has 0 spiro atoms. The number of carboxylic acids is 1. The van der Waals surface area contributed by atoms with Crippen LogP contribution in [-0.4, -0.2) is 49.4 Å². The van der Waals surface area contributed by atoms with Crippen molar-refractivity contribution in [1.29, 1.82) is 0 Å². The maximum Gasteiger partial charge on any atom is 0.326 e. The van der Waals surface area contributed by atoms with Gasteiger partial charge in [-0.2, -0.15) is 4.98 Å². The van der Waals surface area contributed by atoms with Gasteiger partial charge in [0.1, 0.15) is 11.7 Å². The number of aryl methyl sites for hydroxylation is 2. The maximum atomic E-state index is 12.8. The van der Waals surface area contributed by atoms with Crippen molar-refractivity contribution in [3.63, 3.8) is 0 Å². The number of anilines is 1. The summed E-state index contributed by atoms with van der Waals surface area (Å²) in [6.07, 6.45) is 5.13. The van der Waals surface area contributed by atoms with E-state index in [9.17, 15) is 19.5 Å². The van der Waals surface area contributed by atoms with Crippen molar-refractivity contribution < 1.29 is 14.7 Å². The van der Waals surface area contributed by atoms with Gasteiger partial charge in [-0.1, -0.05) is 0 Å². The van der Waals surface area contributed by atoms with Crippen LogP contribution in [-0.2, 0) is 17.6 Å². The van der Waals surface area contributed by atoms with Crippen LogP contribution in [0, 0.1) is 0 Å². The summed E-state index contributed by atoms with van der Waals surface area (Å²) in [6, 6.07) is 2.88. The number of aromatic nitrogens is 3. The van der Waals surface area contributed by atoms with E-state index in [1.807, 2.05) is 6.07 Å². The second kappa shape index (κ2) is 7.70. The molecule has 1 unspecified atom stereocenters. The molecule has 1 saturated heterocycles. The zero-order chi connectivity index (χ0) is 20.5. The van der Waals surface area contributed by atoms with Crippen LogP contribution >= 0.6 is 11.3 Å². The normalized spacial score (nSPS) is 17.0. The van der Waals surface area contributed by atoms with E-state index >= 15 is 0 Å². The van der Waals surface area contributed by atoms with Crippen LogP contribution < -0.4 is 11.3 Å². The van der Waals surface area contributed by atoms with E-state index in [1.165, 1.54) is 16.2 Å². The summed E-state index contributed by atoms with van der Waals surface area (Å²) < 4.78 is 0. The molecule has 0 aromatic carbocycles. The molecule has 3 aromatic heterocycles. The number of nitrogen functional groups attached to an aromatic ring is 1. The van der Waals surface area contributed by atoms with E-state index in [0.29, 0.717) is 41.7 Å².